The summed E-state index contributed by atoms with van der Waals surface area (Å²) in [6.07, 6.45) is 1.45. The highest BCUT2D eigenvalue weighted by atomic mass is 35.5. The van der Waals surface area contributed by atoms with Crippen LogP contribution in [0.3, 0.4) is 0 Å². The normalized spacial score (nSPS) is 11.5. The van der Waals surface area contributed by atoms with E-state index >= 15 is 0 Å². The molecule has 0 fully saturated rings. The van der Waals surface area contributed by atoms with Crippen molar-refractivity contribution in [2.45, 2.75) is 33.6 Å². The number of sulfonamides is 1. The van der Waals surface area contributed by atoms with Crippen LogP contribution in [0.2, 0.25) is 5.02 Å². The zero-order valence-electron chi connectivity index (χ0n) is 13.2. The summed E-state index contributed by atoms with van der Waals surface area (Å²) in [5.74, 6) is -0.0485. The zero-order chi connectivity index (χ0) is 16.8. The third-order valence-corrected chi connectivity index (χ3v) is 5.15. The summed E-state index contributed by atoms with van der Waals surface area (Å²) >= 11 is 6.08. The van der Waals surface area contributed by atoms with Crippen molar-refractivity contribution in [1.82, 2.24) is 4.72 Å². The minimum Gasteiger partial charge on any atom is -0.311 e. The van der Waals surface area contributed by atoms with Crippen LogP contribution in [-0.2, 0) is 14.8 Å². The van der Waals surface area contributed by atoms with Crippen LogP contribution in [0.1, 0.15) is 32.3 Å². The second-order valence-electron chi connectivity index (χ2n) is 5.17. The lowest BCUT2D eigenvalue weighted by Gasteiger charge is -2.22. The SMILES string of the molecule is CCCCS(=O)(=O)NCCN(C(C)=O)c1ccc(C)c(Cl)c1. The van der Waals surface area contributed by atoms with Gasteiger partial charge in [-0.15, -0.1) is 0 Å². The van der Waals surface area contributed by atoms with Gasteiger partial charge in [-0.3, -0.25) is 4.79 Å². The molecular weight excluding hydrogens is 324 g/mol. The highest BCUT2D eigenvalue weighted by Gasteiger charge is 2.14. The number of benzene rings is 1. The second kappa shape index (κ2) is 8.50. The van der Waals surface area contributed by atoms with Gasteiger partial charge in [0.25, 0.3) is 0 Å². The highest BCUT2D eigenvalue weighted by molar-refractivity contribution is 7.89. The van der Waals surface area contributed by atoms with Crippen molar-refractivity contribution >= 4 is 33.2 Å². The lowest BCUT2D eigenvalue weighted by molar-refractivity contribution is -0.116. The standard InChI is InChI=1S/C15H23ClN2O3S/c1-4-5-10-22(20,21)17-8-9-18(13(3)19)14-7-6-12(2)15(16)11-14/h6-7,11,17H,4-5,8-10H2,1-3H3. The van der Waals surface area contributed by atoms with Gasteiger partial charge >= 0.3 is 0 Å². The van der Waals surface area contributed by atoms with Gasteiger partial charge in [0.2, 0.25) is 15.9 Å². The molecule has 0 aliphatic heterocycles. The van der Waals surface area contributed by atoms with Gasteiger partial charge in [0.1, 0.15) is 0 Å². The first-order valence-corrected chi connectivity index (χ1v) is 9.31. The molecule has 0 heterocycles. The molecule has 0 atom stereocenters. The molecule has 22 heavy (non-hydrogen) atoms. The number of carbonyl (C=O) groups is 1. The van der Waals surface area contributed by atoms with Crippen molar-refractivity contribution in [2.75, 3.05) is 23.7 Å². The Bertz CT molecular complexity index is 617. The number of aryl methyl sites for hydroxylation is 1. The molecule has 1 rings (SSSR count). The van der Waals surface area contributed by atoms with Crippen LogP contribution in [-0.4, -0.2) is 33.2 Å². The van der Waals surface area contributed by atoms with Crippen LogP contribution in [0, 0.1) is 6.92 Å². The minimum absolute atomic E-state index is 0.111. The molecule has 5 nitrogen and oxygen atoms in total. The van der Waals surface area contributed by atoms with E-state index in [2.05, 4.69) is 4.72 Å². The molecule has 0 spiro atoms. The molecule has 1 aromatic rings. The number of unbranched alkanes of at least 4 members (excludes halogenated alkanes) is 1. The molecule has 124 valence electrons. The average Bonchev–Trinajstić information content (AvgIpc) is 2.44. The Hall–Kier alpha value is -1.11. The molecule has 0 unspecified atom stereocenters. The topological polar surface area (TPSA) is 66.5 Å². The number of hydrogen-bond donors (Lipinski definition) is 1. The van der Waals surface area contributed by atoms with Gasteiger partial charge in [0, 0.05) is 30.7 Å². The Morgan fingerprint density at radius 1 is 1.36 bits per heavy atom. The van der Waals surface area contributed by atoms with Crippen molar-refractivity contribution in [3.8, 4) is 0 Å². The Balaban J connectivity index is 2.70. The van der Waals surface area contributed by atoms with E-state index in [1.807, 2.05) is 19.9 Å². The molecule has 0 saturated carbocycles. The summed E-state index contributed by atoms with van der Waals surface area (Å²) < 4.78 is 26.0. The summed E-state index contributed by atoms with van der Waals surface area (Å²) in [4.78, 5) is 13.3. The third kappa shape index (κ3) is 5.94. The van der Waals surface area contributed by atoms with Gasteiger partial charge in [0.05, 0.1) is 5.75 Å². The number of rotatable bonds is 8. The molecule has 0 saturated heterocycles. The lowest BCUT2D eigenvalue weighted by atomic mass is 10.2. The van der Waals surface area contributed by atoms with E-state index in [0.717, 1.165) is 12.0 Å². The fourth-order valence-electron chi connectivity index (χ4n) is 1.94. The summed E-state index contributed by atoms with van der Waals surface area (Å²) in [5, 5.41) is 0.576. The van der Waals surface area contributed by atoms with Crippen LogP contribution >= 0.6 is 11.6 Å². The number of nitrogens with one attached hydrogen (secondary N) is 1. The predicted molar refractivity (Wildman–Crippen MR) is 90.9 cm³/mol. The first kappa shape index (κ1) is 18.9. The number of nitrogens with zero attached hydrogens (tertiary/aromatic N) is 1. The molecule has 0 aliphatic rings. The van der Waals surface area contributed by atoms with Gasteiger partial charge in [-0.2, -0.15) is 0 Å². The van der Waals surface area contributed by atoms with Gasteiger partial charge in [-0.1, -0.05) is 31.0 Å². The Morgan fingerprint density at radius 3 is 2.59 bits per heavy atom. The maximum Gasteiger partial charge on any atom is 0.223 e. The first-order chi connectivity index (χ1) is 10.3. The average molecular weight is 347 g/mol. The summed E-state index contributed by atoms with van der Waals surface area (Å²) in [7, 11) is -3.28. The van der Waals surface area contributed by atoms with E-state index in [0.29, 0.717) is 17.1 Å². The van der Waals surface area contributed by atoms with E-state index < -0.39 is 10.0 Å². The third-order valence-electron chi connectivity index (χ3n) is 3.27. The van der Waals surface area contributed by atoms with E-state index in [-0.39, 0.29) is 24.7 Å². The highest BCUT2D eigenvalue weighted by Crippen LogP contribution is 2.23. The fraction of sp³-hybridized carbons (Fsp3) is 0.533. The quantitative estimate of drug-likeness (QED) is 0.787. The van der Waals surface area contributed by atoms with Crippen molar-refractivity contribution in [2.24, 2.45) is 0 Å². The van der Waals surface area contributed by atoms with Crippen molar-refractivity contribution in [1.29, 1.82) is 0 Å². The largest absolute Gasteiger partial charge is 0.311 e. The molecule has 7 heteroatoms. The summed E-state index contributed by atoms with van der Waals surface area (Å²) in [5.41, 5.74) is 1.59. The van der Waals surface area contributed by atoms with Crippen LogP contribution in [0.15, 0.2) is 18.2 Å². The Labute approximate surface area is 137 Å². The first-order valence-electron chi connectivity index (χ1n) is 7.28. The van der Waals surface area contributed by atoms with Crippen LogP contribution in [0.25, 0.3) is 0 Å². The van der Waals surface area contributed by atoms with Gasteiger partial charge in [0.15, 0.2) is 0 Å². The Kier molecular flexibility index (Phi) is 7.32. The van der Waals surface area contributed by atoms with Crippen molar-refractivity contribution < 1.29 is 13.2 Å². The number of amides is 1. The van der Waals surface area contributed by atoms with Crippen molar-refractivity contribution in [3.05, 3.63) is 28.8 Å². The Morgan fingerprint density at radius 2 is 2.05 bits per heavy atom. The smallest absolute Gasteiger partial charge is 0.223 e. The number of anilines is 1. The molecule has 1 amide bonds. The maximum absolute atomic E-state index is 11.8. The minimum atomic E-state index is -3.28. The lowest BCUT2D eigenvalue weighted by Crippen LogP contribution is -2.38. The van der Waals surface area contributed by atoms with Gasteiger partial charge < -0.3 is 4.90 Å². The second-order valence-corrected chi connectivity index (χ2v) is 7.50. The fourth-order valence-corrected chi connectivity index (χ4v) is 3.33. The van der Waals surface area contributed by atoms with E-state index in [1.54, 1.807) is 12.1 Å². The van der Waals surface area contributed by atoms with Crippen LogP contribution < -0.4 is 9.62 Å². The summed E-state index contributed by atoms with van der Waals surface area (Å²) in [6, 6.07) is 5.34. The number of hydrogen-bond acceptors (Lipinski definition) is 3. The van der Waals surface area contributed by atoms with E-state index in [4.69, 9.17) is 11.6 Å². The molecule has 0 aromatic heterocycles. The maximum atomic E-state index is 11.8. The van der Waals surface area contributed by atoms with E-state index in [1.165, 1.54) is 11.8 Å². The van der Waals surface area contributed by atoms with Crippen LogP contribution in [0.5, 0.6) is 0 Å². The molecule has 0 bridgehead atoms. The van der Waals surface area contributed by atoms with Crippen molar-refractivity contribution in [3.63, 3.8) is 0 Å². The number of carbonyl (C=O) groups excluding carboxylic acids is 1. The molecule has 0 aliphatic carbocycles. The van der Waals surface area contributed by atoms with Gasteiger partial charge in [-0.05, 0) is 31.0 Å². The molecular formula is C15H23ClN2O3S. The monoisotopic (exact) mass is 346 g/mol. The van der Waals surface area contributed by atoms with Gasteiger partial charge in [-0.25, -0.2) is 13.1 Å². The molecule has 1 aromatic carbocycles. The van der Waals surface area contributed by atoms with Crippen LogP contribution in [0.4, 0.5) is 5.69 Å². The number of halogens is 1. The predicted octanol–water partition coefficient (Wildman–Crippen LogP) is 2.72. The summed E-state index contributed by atoms with van der Waals surface area (Å²) in [6.45, 7) is 5.71. The molecule has 0 radical (unpaired) electrons. The zero-order valence-corrected chi connectivity index (χ0v) is 14.8. The molecule has 1 N–H and O–H groups in total. The van der Waals surface area contributed by atoms with E-state index in [9.17, 15) is 13.2 Å².